The van der Waals surface area contributed by atoms with Crippen molar-refractivity contribution in [1.82, 2.24) is 0 Å². The van der Waals surface area contributed by atoms with Crippen molar-refractivity contribution in [2.75, 3.05) is 0 Å². The smallest absolute Gasteiger partial charge is 0.176 e. The summed E-state index contributed by atoms with van der Waals surface area (Å²) in [5, 5.41) is 5.35. The number of hydrogen-bond donors (Lipinski definition) is 0. The fourth-order valence-electron chi connectivity index (χ4n) is 4.99. The molecular formula is C32H42N2+2. The number of hydrogen-bond acceptors (Lipinski definition) is 0. The topological polar surface area (TPSA) is 7.76 Å². The minimum absolute atomic E-state index is 1.14. The second-order valence-electron chi connectivity index (χ2n) is 9.87. The summed E-state index contributed by atoms with van der Waals surface area (Å²) in [7, 11) is 0. The number of aryl methyl sites for hydroxylation is 2. The van der Waals surface area contributed by atoms with Crippen molar-refractivity contribution in [3.05, 3.63) is 85.5 Å². The number of rotatable bonds is 15. The highest BCUT2D eigenvalue weighted by atomic mass is 14.9. The summed E-state index contributed by atoms with van der Waals surface area (Å²) in [6, 6.07) is 21.7. The van der Waals surface area contributed by atoms with Gasteiger partial charge in [0.2, 0.25) is 0 Å². The predicted molar refractivity (Wildman–Crippen MR) is 144 cm³/mol. The van der Waals surface area contributed by atoms with Crippen LogP contribution in [0.15, 0.2) is 85.5 Å². The van der Waals surface area contributed by atoms with Gasteiger partial charge in [0.05, 0.1) is 0 Å². The van der Waals surface area contributed by atoms with Gasteiger partial charge in [-0.2, -0.15) is 0 Å². The van der Waals surface area contributed by atoms with E-state index >= 15 is 0 Å². The summed E-state index contributed by atoms with van der Waals surface area (Å²) in [4.78, 5) is 0. The Hall–Kier alpha value is -2.74. The Morgan fingerprint density at radius 1 is 0.353 bits per heavy atom. The zero-order valence-corrected chi connectivity index (χ0v) is 20.9. The molecule has 2 heterocycles. The molecule has 0 unspecified atom stereocenters. The van der Waals surface area contributed by atoms with E-state index in [0.717, 1.165) is 13.1 Å². The molecule has 2 aromatic heterocycles. The SMILES string of the molecule is c1ccc2c[n+](CCCCCCCCCCCCCC[n+]3ccc4ccccc4c3)ccc2c1. The molecule has 4 aromatic rings. The van der Waals surface area contributed by atoms with Crippen LogP contribution < -0.4 is 9.13 Å². The van der Waals surface area contributed by atoms with Gasteiger partial charge in [-0.1, -0.05) is 87.8 Å². The van der Waals surface area contributed by atoms with Crippen LogP contribution in [0.5, 0.6) is 0 Å². The van der Waals surface area contributed by atoms with Crippen molar-refractivity contribution in [2.45, 2.75) is 90.1 Å². The Bertz CT molecular complexity index is 1040. The van der Waals surface area contributed by atoms with Gasteiger partial charge in [0, 0.05) is 35.7 Å². The fourth-order valence-corrected chi connectivity index (χ4v) is 4.99. The molecule has 0 saturated carbocycles. The molecule has 34 heavy (non-hydrogen) atoms. The maximum absolute atomic E-state index is 2.35. The van der Waals surface area contributed by atoms with Gasteiger partial charge in [-0.05, 0) is 35.7 Å². The quantitative estimate of drug-likeness (QED) is 0.127. The molecule has 0 atom stereocenters. The molecule has 0 fully saturated rings. The highest BCUT2D eigenvalue weighted by molar-refractivity contribution is 5.80. The van der Waals surface area contributed by atoms with Gasteiger partial charge in [-0.3, -0.25) is 0 Å². The Kier molecular flexibility index (Phi) is 9.93. The number of fused-ring (bicyclic) bond motifs is 2. The first kappa shape index (κ1) is 24.4. The highest BCUT2D eigenvalue weighted by Gasteiger charge is 2.04. The van der Waals surface area contributed by atoms with Gasteiger partial charge in [-0.15, -0.1) is 0 Å². The molecule has 2 heteroatoms. The summed E-state index contributed by atoms with van der Waals surface area (Å²) in [5.74, 6) is 0. The molecule has 0 bridgehead atoms. The molecule has 0 saturated heterocycles. The second kappa shape index (κ2) is 13.8. The monoisotopic (exact) mass is 454 g/mol. The molecule has 0 aliphatic rings. The van der Waals surface area contributed by atoms with Crippen LogP contribution in [0.25, 0.3) is 21.5 Å². The van der Waals surface area contributed by atoms with Crippen LogP contribution in [0.3, 0.4) is 0 Å². The Balaban J connectivity index is 0.946. The van der Waals surface area contributed by atoms with Crippen molar-refractivity contribution in [1.29, 1.82) is 0 Å². The van der Waals surface area contributed by atoms with Gasteiger partial charge in [0.1, 0.15) is 13.1 Å². The lowest BCUT2D eigenvalue weighted by molar-refractivity contribution is -0.696. The van der Waals surface area contributed by atoms with Crippen molar-refractivity contribution in [2.24, 2.45) is 0 Å². The molecule has 0 aliphatic heterocycles. The number of pyridine rings is 2. The summed E-state index contributed by atoms with van der Waals surface area (Å²) < 4.78 is 4.70. The molecule has 4 rings (SSSR count). The van der Waals surface area contributed by atoms with Crippen molar-refractivity contribution in [3.63, 3.8) is 0 Å². The summed E-state index contributed by atoms with van der Waals surface area (Å²) in [6.45, 7) is 2.29. The van der Waals surface area contributed by atoms with E-state index in [2.05, 4.69) is 94.6 Å². The minimum Gasteiger partial charge on any atom is -0.205 e. The third-order valence-corrected chi connectivity index (χ3v) is 7.08. The third-order valence-electron chi connectivity index (χ3n) is 7.08. The molecule has 0 amide bonds. The molecule has 0 spiro atoms. The Morgan fingerprint density at radius 2 is 0.676 bits per heavy atom. The lowest BCUT2D eigenvalue weighted by atomic mass is 10.0. The highest BCUT2D eigenvalue weighted by Crippen LogP contribution is 2.13. The number of aromatic nitrogens is 2. The van der Waals surface area contributed by atoms with E-state index in [4.69, 9.17) is 0 Å². The van der Waals surface area contributed by atoms with Crippen LogP contribution in [0.4, 0.5) is 0 Å². The summed E-state index contributed by atoms with van der Waals surface area (Å²) >= 11 is 0. The number of nitrogens with zero attached hydrogens (tertiary/aromatic N) is 2. The first-order valence-electron chi connectivity index (χ1n) is 13.6. The Labute approximate surface area is 206 Å². The lowest BCUT2D eigenvalue weighted by Gasteiger charge is -2.03. The van der Waals surface area contributed by atoms with E-state index in [-0.39, 0.29) is 0 Å². The minimum atomic E-state index is 1.14. The zero-order chi connectivity index (χ0) is 23.3. The first-order chi connectivity index (χ1) is 16.9. The maximum Gasteiger partial charge on any atom is 0.176 e. The largest absolute Gasteiger partial charge is 0.205 e. The van der Waals surface area contributed by atoms with E-state index in [1.165, 1.54) is 98.6 Å². The maximum atomic E-state index is 2.35. The third kappa shape index (κ3) is 7.94. The molecule has 2 nitrogen and oxygen atoms in total. The average molecular weight is 455 g/mol. The van der Waals surface area contributed by atoms with Gasteiger partial charge < -0.3 is 0 Å². The fraction of sp³-hybridized carbons (Fsp3) is 0.438. The van der Waals surface area contributed by atoms with Crippen LogP contribution in [-0.2, 0) is 13.1 Å². The van der Waals surface area contributed by atoms with Crippen LogP contribution in [-0.4, -0.2) is 0 Å². The second-order valence-corrected chi connectivity index (χ2v) is 9.87. The van der Waals surface area contributed by atoms with Crippen molar-refractivity contribution in [3.8, 4) is 0 Å². The standard InChI is InChI=1S/C32H42N2/c1(3-5-7-9-15-23-33-25-21-29-17-11-13-19-31(29)27-33)2-4-6-8-10-16-24-34-26-22-30-18-12-14-20-32(30)28-34/h11-14,17-22,25-28H,1-10,15-16,23-24H2/q+2. The van der Waals surface area contributed by atoms with Crippen LogP contribution in [0.1, 0.15) is 77.0 Å². The Morgan fingerprint density at radius 3 is 1.06 bits per heavy atom. The molecular weight excluding hydrogens is 412 g/mol. The van der Waals surface area contributed by atoms with E-state index in [0.29, 0.717) is 0 Å². The average Bonchev–Trinajstić information content (AvgIpc) is 2.88. The van der Waals surface area contributed by atoms with E-state index < -0.39 is 0 Å². The van der Waals surface area contributed by atoms with Crippen molar-refractivity contribution < 1.29 is 9.13 Å². The van der Waals surface area contributed by atoms with E-state index in [1.54, 1.807) is 0 Å². The molecule has 178 valence electrons. The number of unbranched alkanes of at least 4 members (excludes halogenated alkanes) is 11. The molecule has 0 aliphatic carbocycles. The first-order valence-corrected chi connectivity index (χ1v) is 13.6. The molecule has 0 radical (unpaired) electrons. The zero-order valence-electron chi connectivity index (χ0n) is 20.9. The van der Waals surface area contributed by atoms with Crippen LogP contribution >= 0.6 is 0 Å². The molecule has 0 N–H and O–H groups in total. The van der Waals surface area contributed by atoms with Gasteiger partial charge in [-0.25, -0.2) is 9.13 Å². The summed E-state index contributed by atoms with van der Waals surface area (Å²) in [6.07, 6.45) is 25.6. The lowest BCUT2D eigenvalue weighted by Crippen LogP contribution is -2.32. The van der Waals surface area contributed by atoms with E-state index in [1.807, 2.05) is 0 Å². The normalized spacial score (nSPS) is 11.4. The van der Waals surface area contributed by atoms with Gasteiger partial charge >= 0.3 is 0 Å². The van der Waals surface area contributed by atoms with Gasteiger partial charge in [0.15, 0.2) is 24.8 Å². The summed E-state index contributed by atoms with van der Waals surface area (Å²) in [5.41, 5.74) is 0. The van der Waals surface area contributed by atoms with Crippen LogP contribution in [0.2, 0.25) is 0 Å². The van der Waals surface area contributed by atoms with Crippen LogP contribution in [0, 0.1) is 0 Å². The van der Waals surface area contributed by atoms with Crippen molar-refractivity contribution >= 4 is 21.5 Å². The van der Waals surface area contributed by atoms with Gasteiger partial charge in [0.25, 0.3) is 0 Å². The number of benzene rings is 2. The molecule has 2 aromatic carbocycles. The van der Waals surface area contributed by atoms with E-state index in [9.17, 15) is 0 Å². The predicted octanol–water partition coefficient (Wildman–Crippen LogP) is 7.95.